The molecule has 140 valence electrons. The number of halogens is 3. The van der Waals surface area contributed by atoms with Gasteiger partial charge in [-0.15, -0.1) is 0 Å². The van der Waals surface area contributed by atoms with Crippen LogP contribution in [0.5, 0.6) is 5.75 Å². The molecular formula is C19H17F3N4O. The first-order chi connectivity index (χ1) is 12.9. The minimum atomic E-state index is -1.55. The number of hydrogen-bond acceptors (Lipinski definition) is 5. The molecule has 0 bridgehead atoms. The van der Waals surface area contributed by atoms with Crippen LogP contribution in [-0.4, -0.2) is 17.1 Å². The van der Waals surface area contributed by atoms with Crippen molar-refractivity contribution in [3.8, 4) is 5.75 Å². The summed E-state index contributed by atoms with van der Waals surface area (Å²) in [5.41, 5.74) is 1.48. The van der Waals surface area contributed by atoms with E-state index in [1.165, 1.54) is 6.07 Å². The fraction of sp³-hybridized carbons (Fsp3) is 0.158. The third kappa shape index (κ3) is 4.11. The van der Waals surface area contributed by atoms with Crippen molar-refractivity contribution >= 4 is 23.0 Å². The molecule has 2 aromatic carbocycles. The predicted molar refractivity (Wildman–Crippen MR) is 97.4 cm³/mol. The molecule has 0 saturated heterocycles. The summed E-state index contributed by atoms with van der Waals surface area (Å²) in [7, 11) is 1.56. The average Bonchev–Trinajstić information content (AvgIpc) is 2.62. The molecule has 0 spiro atoms. The molecule has 0 radical (unpaired) electrons. The summed E-state index contributed by atoms with van der Waals surface area (Å²) in [6, 6.07) is 9.08. The van der Waals surface area contributed by atoms with E-state index < -0.39 is 17.5 Å². The molecule has 1 aromatic heterocycles. The molecule has 2 N–H and O–H groups in total. The van der Waals surface area contributed by atoms with Gasteiger partial charge in [0.15, 0.2) is 17.5 Å². The molecule has 0 amide bonds. The maximum Gasteiger partial charge on any atom is 0.196 e. The van der Waals surface area contributed by atoms with Crippen LogP contribution in [0.4, 0.5) is 36.2 Å². The molecular weight excluding hydrogens is 357 g/mol. The molecule has 0 aliphatic rings. The van der Waals surface area contributed by atoms with E-state index in [9.17, 15) is 13.2 Å². The molecule has 0 aliphatic heterocycles. The number of hydrogen-bond donors (Lipinski definition) is 2. The topological polar surface area (TPSA) is 59.1 Å². The number of benzene rings is 2. The van der Waals surface area contributed by atoms with E-state index in [1.807, 2.05) is 25.1 Å². The third-order valence-electron chi connectivity index (χ3n) is 3.75. The van der Waals surface area contributed by atoms with Crippen molar-refractivity contribution in [2.45, 2.75) is 13.8 Å². The Morgan fingerprint density at radius 1 is 0.815 bits per heavy atom. The number of ether oxygens (including phenoxy) is 1. The van der Waals surface area contributed by atoms with E-state index in [0.29, 0.717) is 23.1 Å². The summed E-state index contributed by atoms with van der Waals surface area (Å²) in [5.74, 6) is -2.45. The van der Waals surface area contributed by atoms with Crippen molar-refractivity contribution in [3.05, 3.63) is 65.2 Å². The molecule has 3 rings (SSSR count). The number of anilines is 4. The number of nitrogens with one attached hydrogen (secondary N) is 2. The summed E-state index contributed by atoms with van der Waals surface area (Å²) < 4.78 is 45.7. The van der Waals surface area contributed by atoms with Gasteiger partial charge in [-0.25, -0.2) is 23.1 Å². The first-order valence-corrected chi connectivity index (χ1v) is 8.05. The molecule has 5 nitrogen and oxygen atoms in total. The molecule has 27 heavy (non-hydrogen) atoms. The highest BCUT2D eigenvalue weighted by atomic mass is 19.2. The van der Waals surface area contributed by atoms with Gasteiger partial charge in [-0.2, -0.15) is 0 Å². The van der Waals surface area contributed by atoms with Gasteiger partial charge in [0.25, 0.3) is 0 Å². The van der Waals surface area contributed by atoms with Crippen LogP contribution in [-0.2, 0) is 0 Å². The van der Waals surface area contributed by atoms with E-state index in [-0.39, 0.29) is 11.5 Å². The van der Waals surface area contributed by atoms with Crippen molar-refractivity contribution in [1.29, 1.82) is 0 Å². The Labute approximate surface area is 154 Å². The van der Waals surface area contributed by atoms with Gasteiger partial charge in [0.2, 0.25) is 0 Å². The summed E-state index contributed by atoms with van der Waals surface area (Å²) in [6.45, 7) is 3.60. The quantitative estimate of drug-likeness (QED) is 0.615. The molecule has 0 unspecified atom stereocenters. The van der Waals surface area contributed by atoms with Gasteiger partial charge in [0.1, 0.15) is 23.2 Å². The second kappa shape index (κ2) is 7.53. The fourth-order valence-electron chi connectivity index (χ4n) is 2.51. The van der Waals surface area contributed by atoms with Crippen LogP contribution in [0, 0.1) is 31.3 Å². The van der Waals surface area contributed by atoms with Gasteiger partial charge >= 0.3 is 0 Å². The SMILES string of the molecule is COc1ccc(C)cc1Nc1cc(Nc2ccc(F)c(F)c2F)nc(C)n1. The highest BCUT2D eigenvalue weighted by molar-refractivity contribution is 5.68. The standard InChI is InChI=1S/C19H17F3N4O/c1-10-4-7-15(27-3)14(8-10)26-17-9-16(23-11(2)24-17)25-13-6-5-12(20)18(21)19(13)22/h4-9H,1-3H3,(H2,23,24,25,26). The van der Waals surface area contributed by atoms with Crippen LogP contribution >= 0.6 is 0 Å². The average molecular weight is 374 g/mol. The second-order valence-corrected chi connectivity index (χ2v) is 5.86. The number of aryl methyl sites for hydroxylation is 2. The van der Waals surface area contributed by atoms with E-state index >= 15 is 0 Å². The molecule has 3 aromatic rings. The smallest absolute Gasteiger partial charge is 0.196 e. The number of rotatable bonds is 5. The summed E-state index contributed by atoms with van der Waals surface area (Å²) >= 11 is 0. The lowest BCUT2D eigenvalue weighted by atomic mass is 10.2. The maximum atomic E-state index is 13.9. The van der Waals surface area contributed by atoms with Gasteiger partial charge in [0, 0.05) is 6.07 Å². The fourth-order valence-corrected chi connectivity index (χ4v) is 2.51. The highest BCUT2D eigenvalue weighted by Crippen LogP contribution is 2.29. The van der Waals surface area contributed by atoms with Crippen molar-refractivity contribution in [1.82, 2.24) is 9.97 Å². The molecule has 0 aliphatic carbocycles. The molecule has 0 saturated carbocycles. The summed E-state index contributed by atoms with van der Waals surface area (Å²) in [6.07, 6.45) is 0. The largest absolute Gasteiger partial charge is 0.495 e. The normalized spacial score (nSPS) is 10.6. The van der Waals surface area contributed by atoms with Crippen molar-refractivity contribution in [3.63, 3.8) is 0 Å². The van der Waals surface area contributed by atoms with Crippen LogP contribution in [0.2, 0.25) is 0 Å². The molecule has 1 heterocycles. The lowest BCUT2D eigenvalue weighted by Gasteiger charge is -2.13. The zero-order valence-corrected chi connectivity index (χ0v) is 14.9. The van der Waals surface area contributed by atoms with Gasteiger partial charge in [-0.1, -0.05) is 6.07 Å². The van der Waals surface area contributed by atoms with Crippen molar-refractivity contribution < 1.29 is 17.9 Å². The van der Waals surface area contributed by atoms with Crippen LogP contribution in [0.1, 0.15) is 11.4 Å². The lowest BCUT2D eigenvalue weighted by molar-refractivity contribution is 0.416. The Bertz CT molecular complexity index is 995. The molecule has 0 atom stereocenters. The highest BCUT2D eigenvalue weighted by Gasteiger charge is 2.14. The van der Waals surface area contributed by atoms with Crippen LogP contribution in [0.25, 0.3) is 0 Å². The Balaban J connectivity index is 1.91. The van der Waals surface area contributed by atoms with E-state index in [0.717, 1.165) is 17.7 Å². The van der Waals surface area contributed by atoms with E-state index in [4.69, 9.17) is 4.74 Å². The van der Waals surface area contributed by atoms with Crippen LogP contribution < -0.4 is 15.4 Å². The van der Waals surface area contributed by atoms with Gasteiger partial charge < -0.3 is 15.4 Å². The predicted octanol–water partition coefficient (Wildman–Crippen LogP) is 5.01. The number of nitrogens with zero attached hydrogens (tertiary/aromatic N) is 2. The van der Waals surface area contributed by atoms with Crippen molar-refractivity contribution in [2.24, 2.45) is 0 Å². The second-order valence-electron chi connectivity index (χ2n) is 5.86. The first kappa shape index (κ1) is 18.5. The van der Waals surface area contributed by atoms with Gasteiger partial charge in [0.05, 0.1) is 18.5 Å². The van der Waals surface area contributed by atoms with E-state index in [2.05, 4.69) is 20.6 Å². The Morgan fingerprint density at radius 2 is 1.48 bits per heavy atom. The molecule has 8 heteroatoms. The Hall–Kier alpha value is -3.29. The Kier molecular flexibility index (Phi) is 5.16. The van der Waals surface area contributed by atoms with Crippen LogP contribution in [0.15, 0.2) is 36.4 Å². The lowest BCUT2D eigenvalue weighted by Crippen LogP contribution is -2.04. The zero-order chi connectivity index (χ0) is 19.6. The summed E-state index contributed by atoms with van der Waals surface area (Å²) in [5, 5.41) is 5.77. The van der Waals surface area contributed by atoms with Crippen LogP contribution in [0.3, 0.4) is 0 Å². The molecule has 0 fully saturated rings. The summed E-state index contributed by atoms with van der Waals surface area (Å²) in [4.78, 5) is 8.43. The number of methoxy groups -OCH3 is 1. The maximum absolute atomic E-state index is 13.9. The minimum absolute atomic E-state index is 0.224. The van der Waals surface area contributed by atoms with Crippen molar-refractivity contribution in [2.75, 3.05) is 17.7 Å². The first-order valence-electron chi connectivity index (χ1n) is 8.05. The van der Waals surface area contributed by atoms with Gasteiger partial charge in [-0.05, 0) is 43.7 Å². The van der Waals surface area contributed by atoms with E-state index in [1.54, 1.807) is 14.0 Å². The Morgan fingerprint density at radius 3 is 2.15 bits per heavy atom. The zero-order valence-electron chi connectivity index (χ0n) is 14.9. The van der Waals surface area contributed by atoms with Gasteiger partial charge in [-0.3, -0.25) is 0 Å². The monoisotopic (exact) mass is 374 g/mol. The minimum Gasteiger partial charge on any atom is -0.495 e. The third-order valence-corrected chi connectivity index (χ3v) is 3.75. The number of aromatic nitrogens is 2.